The summed E-state index contributed by atoms with van der Waals surface area (Å²) in [6.07, 6.45) is -0.610. The zero-order valence-corrected chi connectivity index (χ0v) is 16.0. The molecule has 1 aromatic rings. The minimum absolute atomic E-state index is 0.0378. The van der Waals surface area contributed by atoms with Crippen LogP contribution in [0.3, 0.4) is 0 Å². The molecule has 1 aromatic carbocycles. The van der Waals surface area contributed by atoms with E-state index < -0.39 is 41.2 Å². The quantitative estimate of drug-likeness (QED) is 0.452. The number of imide groups is 1. The molecule has 1 heterocycles. The van der Waals surface area contributed by atoms with Crippen LogP contribution in [-0.2, 0) is 29.3 Å². The van der Waals surface area contributed by atoms with Crippen molar-refractivity contribution in [2.75, 3.05) is 14.2 Å². The normalized spacial score (nSPS) is 19.8. The molecule has 0 saturated heterocycles. The molecule has 0 bridgehead atoms. The average molecular weight is 382 g/mol. The monoisotopic (exact) mass is 381 g/mol. The number of hydrogen-bond acceptors (Lipinski definition) is 6. The van der Waals surface area contributed by atoms with Crippen molar-refractivity contribution in [3.05, 3.63) is 34.3 Å². The van der Waals surface area contributed by atoms with Crippen molar-refractivity contribution in [2.45, 2.75) is 38.2 Å². The molecule has 0 aliphatic carbocycles. The molecule has 0 fully saturated rings. The van der Waals surface area contributed by atoms with Crippen LogP contribution in [0.1, 0.15) is 43.1 Å². The van der Waals surface area contributed by atoms with E-state index in [4.69, 9.17) is 21.1 Å². The van der Waals surface area contributed by atoms with Gasteiger partial charge in [0.1, 0.15) is 5.60 Å². The molecule has 2 amide bonds. The van der Waals surface area contributed by atoms with Gasteiger partial charge in [-0.1, -0.05) is 11.6 Å². The van der Waals surface area contributed by atoms with Crippen LogP contribution >= 0.6 is 11.6 Å². The Labute approximate surface area is 156 Å². The van der Waals surface area contributed by atoms with E-state index in [2.05, 4.69) is 0 Å². The summed E-state index contributed by atoms with van der Waals surface area (Å²) in [5.74, 6) is -3.19. The van der Waals surface area contributed by atoms with Gasteiger partial charge in [0.25, 0.3) is 11.8 Å². The number of rotatable bonds is 3. The second kappa shape index (κ2) is 6.72. The molecule has 1 unspecified atom stereocenters. The van der Waals surface area contributed by atoms with E-state index in [9.17, 15) is 19.2 Å². The molecule has 0 aromatic heterocycles. The molecular formula is C18H20ClNO6. The number of hydrogen-bond donors (Lipinski definition) is 0. The molecule has 2 rings (SSSR count). The van der Waals surface area contributed by atoms with Gasteiger partial charge in [-0.15, -0.1) is 0 Å². The summed E-state index contributed by atoms with van der Waals surface area (Å²) in [6, 6.07) is 4.22. The van der Waals surface area contributed by atoms with Crippen LogP contribution in [0.15, 0.2) is 18.2 Å². The summed E-state index contributed by atoms with van der Waals surface area (Å²) in [5.41, 5.74) is -2.72. The number of esters is 2. The van der Waals surface area contributed by atoms with Crippen molar-refractivity contribution in [3.63, 3.8) is 0 Å². The number of benzene rings is 1. The van der Waals surface area contributed by atoms with Gasteiger partial charge in [0.15, 0.2) is 5.41 Å². The molecule has 0 radical (unpaired) electrons. The minimum atomic E-state index is -2.04. The van der Waals surface area contributed by atoms with E-state index in [0.717, 1.165) is 12.0 Å². The molecule has 1 atom stereocenters. The van der Waals surface area contributed by atoms with Crippen molar-refractivity contribution >= 4 is 35.4 Å². The first-order valence-electron chi connectivity index (χ1n) is 7.87. The Bertz CT molecular complexity index is 797. The zero-order chi connectivity index (χ0) is 19.9. The van der Waals surface area contributed by atoms with Gasteiger partial charge in [-0.25, -0.2) is 0 Å². The number of nitrogens with zero attached hydrogens (tertiary/aromatic N) is 1. The molecular weight excluding hydrogens is 362 g/mol. The Morgan fingerprint density at radius 3 is 2.38 bits per heavy atom. The van der Waals surface area contributed by atoms with Gasteiger partial charge in [0, 0.05) is 17.6 Å². The smallest absolute Gasteiger partial charge is 0.326 e. The molecule has 1 aliphatic heterocycles. The summed E-state index contributed by atoms with van der Waals surface area (Å²) in [5, 5.41) is 0.214. The number of ether oxygens (including phenoxy) is 2. The molecule has 8 heteroatoms. The molecule has 0 N–H and O–H groups in total. The highest BCUT2D eigenvalue weighted by Gasteiger charge is 2.57. The number of likely N-dealkylation sites (N-methyl/N-ethyl adjacent to an activating group) is 1. The Hall–Kier alpha value is -2.41. The second-order valence-corrected chi connectivity index (χ2v) is 7.46. The number of fused-ring (bicyclic) bond motifs is 1. The van der Waals surface area contributed by atoms with E-state index in [1.807, 2.05) is 0 Å². The topological polar surface area (TPSA) is 90.0 Å². The molecule has 1 aliphatic rings. The number of amides is 2. The van der Waals surface area contributed by atoms with E-state index in [-0.39, 0.29) is 16.1 Å². The van der Waals surface area contributed by atoms with Gasteiger partial charge in [0.05, 0.1) is 13.5 Å². The highest BCUT2D eigenvalue weighted by Crippen LogP contribution is 2.40. The molecule has 0 spiro atoms. The summed E-state index contributed by atoms with van der Waals surface area (Å²) >= 11 is 6.02. The third kappa shape index (κ3) is 3.31. The third-order valence-corrected chi connectivity index (χ3v) is 4.24. The minimum Gasteiger partial charge on any atom is -0.468 e. The van der Waals surface area contributed by atoms with E-state index in [0.29, 0.717) is 0 Å². The summed E-state index contributed by atoms with van der Waals surface area (Å²) in [6.45, 7) is 5.00. The number of halogens is 1. The van der Waals surface area contributed by atoms with Crippen molar-refractivity contribution in [1.29, 1.82) is 0 Å². The van der Waals surface area contributed by atoms with Crippen LogP contribution in [0.4, 0.5) is 0 Å². The Balaban J connectivity index is 2.70. The van der Waals surface area contributed by atoms with Crippen molar-refractivity contribution in [1.82, 2.24) is 4.90 Å². The lowest BCUT2D eigenvalue weighted by Gasteiger charge is -2.38. The van der Waals surface area contributed by atoms with Crippen LogP contribution < -0.4 is 0 Å². The lowest BCUT2D eigenvalue weighted by molar-refractivity contribution is -0.167. The van der Waals surface area contributed by atoms with Gasteiger partial charge in [0.2, 0.25) is 0 Å². The maximum absolute atomic E-state index is 13.0. The van der Waals surface area contributed by atoms with Gasteiger partial charge >= 0.3 is 11.9 Å². The number of methoxy groups -OCH3 is 1. The number of carbonyl (C=O) groups excluding carboxylic acids is 4. The predicted octanol–water partition coefficient (Wildman–Crippen LogP) is 2.09. The molecule has 26 heavy (non-hydrogen) atoms. The van der Waals surface area contributed by atoms with Gasteiger partial charge in [-0.05, 0) is 44.5 Å². The van der Waals surface area contributed by atoms with Gasteiger partial charge in [-0.2, -0.15) is 0 Å². The first kappa shape index (κ1) is 19.9. The van der Waals surface area contributed by atoms with Gasteiger partial charge < -0.3 is 9.47 Å². The van der Waals surface area contributed by atoms with Gasteiger partial charge in [-0.3, -0.25) is 24.1 Å². The maximum atomic E-state index is 13.0. The molecule has 7 nitrogen and oxygen atoms in total. The highest BCUT2D eigenvalue weighted by molar-refractivity contribution is 6.31. The van der Waals surface area contributed by atoms with Crippen LogP contribution in [0.25, 0.3) is 0 Å². The lowest BCUT2D eigenvalue weighted by Crippen LogP contribution is -2.58. The fraction of sp³-hybridized carbons (Fsp3) is 0.444. The van der Waals surface area contributed by atoms with Crippen molar-refractivity contribution < 1.29 is 28.7 Å². The average Bonchev–Trinajstić information content (AvgIpc) is 2.54. The molecule has 0 saturated carbocycles. The van der Waals surface area contributed by atoms with Crippen LogP contribution in [-0.4, -0.2) is 48.4 Å². The van der Waals surface area contributed by atoms with Crippen LogP contribution in [0.2, 0.25) is 5.02 Å². The van der Waals surface area contributed by atoms with Crippen LogP contribution in [0.5, 0.6) is 0 Å². The Morgan fingerprint density at radius 2 is 1.85 bits per heavy atom. The third-order valence-electron chi connectivity index (χ3n) is 4.01. The van der Waals surface area contributed by atoms with Crippen LogP contribution in [0, 0.1) is 0 Å². The summed E-state index contributed by atoms with van der Waals surface area (Å²) in [4.78, 5) is 51.4. The van der Waals surface area contributed by atoms with E-state index in [1.54, 1.807) is 20.8 Å². The second-order valence-electron chi connectivity index (χ2n) is 7.02. The van der Waals surface area contributed by atoms with E-state index >= 15 is 0 Å². The standard InChI is InChI=1S/C18H20ClNO6/c1-17(2,3)26-13(21)9-18(16(24)25-5)12-8-10(19)6-7-11(12)14(22)20(4)15(18)23/h6-8H,9H2,1-5H3. The van der Waals surface area contributed by atoms with Crippen molar-refractivity contribution in [3.8, 4) is 0 Å². The zero-order valence-electron chi connectivity index (χ0n) is 15.2. The first-order chi connectivity index (χ1) is 11.9. The fourth-order valence-corrected chi connectivity index (χ4v) is 3.11. The van der Waals surface area contributed by atoms with E-state index in [1.165, 1.54) is 25.2 Å². The summed E-state index contributed by atoms with van der Waals surface area (Å²) < 4.78 is 10.1. The maximum Gasteiger partial charge on any atom is 0.326 e. The first-order valence-corrected chi connectivity index (χ1v) is 8.24. The predicted molar refractivity (Wildman–Crippen MR) is 92.7 cm³/mol. The largest absolute Gasteiger partial charge is 0.468 e. The van der Waals surface area contributed by atoms with Crippen molar-refractivity contribution in [2.24, 2.45) is 0 Å². The SMILES string of the molecule is COC(=O)C1(CC(=O)OC(C)(C)C)C(=O)N(C)C(=O)c2ccc(Cl)cc21. The Kier molecular flexibility index (Phi) is 5.14. The summed E-state index contributed by atoms with van der Waals surface area (Å²) in [7, 11) is 2.35. The lowest BCUT2D eigenvalue weighted by atomic mass is 9.71. The molecule has 140 valence electrons. The Morgan fingerprint density at radius 1 is 1.23 bits per heavy atom. The fourth-order valence-electron chi connectivity index (χ4n) is 2.94. The number of carbonyl (C=O) groups is 4. The highest BCUT2D eigenvalue weighted by atomic mass is 35.5.